The molecule has 104 valence electrons. The molecule has 5 nitrogen and oxygen atoms in total. The zero-order valence-electron chi connectivity index (χ0n) is 10.7. The molecule has 21 heavy (non-hydrogen) atoms. The van der Waals surface area contributed by atoms with Crippen molar-refractivity contribution in [2.75, 3.05) is 0 Å². The van der Waals surface area contributed by atoms with E-state index in [0.717, 1.165) is 0 Å². The van der Waals surface area contributed by atoms with Crippen molar-refractivity contribution in [3.05, 3.63) is 64.3 Å². The predicted octanol–water partition coefficient (Wildman–Crippen LogP) is 2.86. The molecule has 0 aliphatic heterocycles. The molecule has 0 spiro atoms. The highest BCUT2D eigenvalue weighted by molar-refractivity contribution is 6.01. The standard InChI is InChI=1S/C16H10O5/c17-12-10-7-4-8-11(16(19)20)15(10)21-14(13(12)18)9-5-2-1-3-6-9/h1-8,18H,(H,19,20). The van der Waals surface area contributed by atoms with E-state index in [2.05, 4.69) is 0 Å². The van der Waals surface area contributed by atoms with Gasteiger partial charge in [-0.05, 0) is 12.1 Å². The van der Waals surface area contributed by atoms with Gasteiger partial charge in [0.25, 0.3) is 0 Å². The SMILES string of the molecule is O=C(O)c1cccc2c(=O)c(O)c(-c3ccccc3)oc12. The van der Waals surface area contributed by atoms with Crippen LogP contribution in [0.1, 0.15) is 10.4 Å². The van der Waals surface area contributed by atoms with Crippen LogP contribution < -0.4 is 5.43 Å². The van der Waals surface area contributed by atoms with Crippen LogP contribution in [0.2, 0.25) is 0 Å². The van der Waals surface area contributed by atoms with Gasteiger partial charge in [0.15, 0.2) is 11.3 Å². The molecule has 0 aliphatic rings. The zero-order valence-corrected chi connectivity index (χ0v) is 10.7. The molecule has 3 rings (SSSR count). The highest BCUT2D eigenvalue weighted by Gasteiger charge is 2.19. The Morgan fingerprint density at radius 1 is 1.00 bits per heavy atom. The number of fused-ring (bicyclic) bond motifs is 1. The van der Waals surface area contributed by atoms with Crippen LogP contribution in [0.3, 0.4) is 0 Å². The number of rotatable bonds is 2. The van der Waals surface area contributed by atoms with Gasteiger partial charge >= 0.3 is 5.97 Å². The Hall–Kier alpha value is -3.08. The van der Waals surface area contributed by atoms with E-state index in [-0.39, 0.29) is 22.3 Å². The first-order valence-electron chi connectivity index (χ1n) is 6.17. The van der Waals surface area contributed by atoms with Gasteiger partial charge in [0.1, 0.15) is 5.56 Å². The van der Waals surface area contributed by atoms with Crippen molar-refractivity contribution in [3.63, 3.8) is 0 Å². The Morgan fingerprint density at radius 2 is 1.71 bits per heavy atom. The van der Waals surface area contributed by atoms with Crippen LogP contribution in [0.4, 0.5) is 0 Å². The molecule has 0 saturated carbocycles. The van der Waals surface area contributed by atoms with Crippen LogP contribution in [0, 0.1) is 0 Å². The number of benzene rings is 2. The minimum Gasteiger partial charge on any atom is -0.502 e. The van der Waals surface area contributed by atoms with Crippen molar-refractivity contribution in [3.8, 4) is 17.1 Å². The maximum absolute atomic E-state index is 12.2. The van der Waals surface area contributed by atoms with E-state index in [4.69, 9.17) is 4.42 Å². The summed E-state index contributed by atoms with van der Waals surface area (Å²) in [4.78, 5) is 23.4. The third-order valence-corrected chi connectivity index (χ3v) is 3.16. The van der Waals surface area contributed by atoms with Crippen LogP contribution in [0.15, 0.2) is 57.7 Å². The second-order valence-electron chi connectivity index (χ2n) is 4.46. The Morgan fingerprint density at radius 3 is 2.38 bits per heavy atom. The van der Waals surface area contributed by atoms with Gasteiger partial charge in [0.05, 0.1) is 5.39 Å². The van der Waals surface area contributed by atoms with Crippen molar-refractivity contribution in [2.45, 2.75) is 0 Å². The average Bonchev–Trinajstić information content (AvgIpc) is 2.51. The molecule has 0 bridgehead atoms. The van der Waals surface area contributed by atoms with E-state index >= 15 is 0 Å². The minimum atomic E-state index is -1.20. The van der Waals surface area contributed by atoms with Crippen LogP contribution in [0.25, 0.3) is 22.3 Å². The largest absolute Gasteiger partial charge is 0.502 e. The fourth-order valence-corrected chi connectivity index (χ4v) is 2.16. The maximum Gasteiger partial charge on any atom is 0.339 e. The number of aromatic hydroxyl groups is 1. The van der Waals surface area contributed by atoms with Crippen molar-refractivity contribution in [2.24, 2.45) is 0 Å². The van der Waals surface area contributed by atoms with Gasteiger partial charge in [-0.25, -0.2) is 4.79 Å². The molecule has 0 unspecified atom stereocenters. The first-order chi connectivity index (χ1) is 10.1. The Labute approximate surface area is 118 Å². The first kappa shape index (κ1) is 12.9. The quantitative estimate of drug-likeness (QED) is 0.754. The molecule has 0 atom stereocenters. The van der Waals surface area contributed by atoms with E-state index in [1.807, 2.05) is 0 Å². The average molecular weight is 282 g/mol. The van der Waals surface area contributed by atoms with Crippen molar-refractivity contribution in [1.29, 1.82) is 0 Å². The summed E-state index contributed by atoms with van der Waals surface area (Å²) >= 11 is 0. The van der Waals surface area contributed by atoms with Gasteiger partial charge in [-0.3, -0.25) is 4.79 Å². The molecular formula is C16H10O5. The van der Waals surface area contributed by atoms with Crippen molar-refractivity contribution >= 4 is 16.9 Å². The molecule has 1 heterocycles. The monoisotopic (exact) mass is 282 g/mol. The topological polar surface area (TPSA) is 87.7 Å². The molecule has 2 aromatic carbocycles. The zero-order chi connectivity index (χ0) is 15.0. The summed E-state index contributed by atoms with van der Waals surface area (Å²) < 4.78 is 5.52. The van der Waals surface area contributed by atoms with Crippen LogP contribution >= 0.6 is 0 Å². The lowest BCUT2D eigenvalue weighted by atomic mass is 10.1. The van der Waals surface area contributed by atoms with Crippen LogP contribution in [-0.4, -0.2) is 16.2 Å². The second kappa shape index (κ2) is 4.79. The van der Waals surface area contributed by atoms with Gasteiger partial charge in [0, 0.05) is 5.56 Å². The summed E-state index contributed by atoms with van der Waals surface area (Å²) in [6.07, 6.45) is 0. The number of para-hydroxylation sites is 1. The van der Waals surface area contributed by atoms with E-state index in [1.165, 1.54) is 18.2 Å². The van der Waals surface area contributed by atoms with E-state index < -0.39 is 17.1 Å². The summed E-state index contributed by atoms with van der Waals surface area (Å²) in [5, 5.41) is 19.2. The lowest BCUT2D eigenvalue weighted by Crippen LogP contribution is -2.06. The lowest BCUT2D eigenvalue weighted by Gasteiger charge is -2.07. The molecule has 0 saturated heterocycles. The Kier molecular flexibility index (Phi) is 2.95. The van der Waals surface area contributed by atoms with Gasteiger partial charge in [-0.15, -0.1) is 0 Å². The summed E-state index contributed by atoms with van der Waals surface area (Å²) in [6.45, 7) is 0. The molecule has 0 amide bonds. The Bertz CT molecular complexity index is 894. The molecule has 2 N–H and O–H groups in total. The second-order valence-corrected chi connectivity index (χ2v) is 4.46. The van der Waals surface area contributed by atoms with E-state index in [9.17, 15) is 19.8 Å². The molecule has 0 aliphatic carbocycles. The molecule has 5 heteroatoms. The smallest absolute Gasteiger partial charge is 0.339 e. The van der Waals surface area contributed by atoms with Crippen LogP contribution in [0.5, 0.6) is 5.75 Å². The third kappa shape index (κ3) is 2.04. The lowest BCUT2D eigenvalue weighted by molar-refractivity contribution is 0.0697. The van der Waals surface area contributed by atoms with E-state index in [1.54, 1.807) is 30.3 Å². The van der Waals surface area contributed by atoms with Gasteiger partial charge < -0.3 is 14.6 Å². The fraction of sp³-hybridized carbons (Fsp3) is 0. The first-order valence-corrected chi connectivity index (χ1v) is 6.17. The number of carbonyl (C=O) groups is 1. The van der Waals surface area contributed by atoms with Gasteiger partial charge in [0.2, 0.25) is 11.2 Å². The molecular weight excluding hydrogens is 272 g/mol. The number of hydrogen-bond acceptors (Lipinski definition) is 4. The number of aromatic carboxylic acids is 1. The fourth-order valence-electron chi connectivity index (χ4n) is 2.16. The third-order valence-electron chi connectivity index (χ3n) is 3.16. The molecule has 0 radical (unpaired) electrons. The van der Waals surface area contributed by atoms with Gasteiger partial charge in [-0.1, -0.05) is 36.4 Å². The van der Waals surface area contributed by atoms with Gasteiger partial charge in [-0.2, -0.15) is 0 Å². The Balaban J connectivity index is 2.43. The van der Waals surface area contributed by atoms with E-state index in [0.29, 0.717) is 5.56 Å². The highest BCUT2D eigenvalue weighted by Crippen LogP contribution is 2.30. The summed E-state index contributed by atoms with van der Waals surface area (Å²) in [5.74, 6) is -1.77. The van der Waals surface area contributed by atoms with Crippen LogP contribution in [-0.2, 0) is 0 Å². The predicted molar refractivity (Wildman–Crippen MR) is 76.5 cm³/mol. The highest BCUT2D eigenvalue weighted by atomic mass is 16.4. The normalized spacial score (nSPS) is 10.7. The minimum absolute atomic E-state index is 0.0343. The molecule has 3 aromatic rings. The summed E-state index contributed by atoms with van der Waals surface area (Å²) in [7, 11) is 0. The number of carboxylic acids is 1. The number of carboxylic acid groups (broad SMARTS) is 1. The van der Waals surface area contributed by atoms with Crippen molar-refractivity contribution in [1.82, 2.24) is 0 Å². The summed E-state index contributed by atoms with van der Waals surface area (Å²) in [5.41, 5.74) is -0.333. The molecule has 0 fully saturated rings. The molecule has 1 aromatic heterocycles. The maximum atomic E-state index is 12.2. The van der Waals surface area contributed by atoms with Crippen molar-refractivity contribution < 1.29 is 19.4 Å². The number of hydrogen-bond donors (Lipinski definition) is 2. The summed E-state index contributed by atoms with van der Waals surface area (Å²) in [6, 6.07) is 12.7.